The minimum atomic E-state index is -0.222. The van der Waals surface area contributed by atoms with Crippen LogP contribution in [0.1, 0.15) is 5.76 Å². The van der Waals surface area contributed by atoms with Crippen molar-refractivity contribution < 1.29 is 13.9 Å². The number of ether oxygens (including phenoxy) is 1. The van der Waals surface area contributed by atoms with Crippen molar-refractivity contribution in [3.05, 3.63) is 72.7 Å². The summed E-state index contributed by atoms with van der Waals surface area (Å²) >= 11 is 0. The predicted octanol–water partition coefficient (Wildman–Crippen LogP) is 2.93. The maximum Gasteiger partial charge on any atom is 0.244 e. The van der Waals surface area contributed by atoms with Crippen molar-refractivity contribution in [2.75, 3.05) is 7.11 Å². The highest BCUT2D eigenvalue weighted by Gasteiger charge is 2.10. The van der Waals surface area contributed by atoms with E-state index >= 15 is 0 Å². The average molecular weight is 389 g/mol. The maximum atomic E-state index is 12.0. The van der Waals surface area contributed by atoms with Crippen molar-refractivity contribution in [1.82, 2.24) is 25.5 Å². The molecule has 8 nitrogen and oxygen atoms in total. The summed E-state index contributed by atoms with van der Waals surface area (Å²) in [5, 5.41) is 15.0. The summed E-state index contributed by atoms with van der Waals surface area (Å²) < 4.78 is 10.4. The minimum absolute atomic E-state index is 0.0162. The second-order valence-corrected chi connectivity index (χ2v) is 6.31. The molecule has 29 heavy (non-hydrogen) atoms. The summed E-state index contributed by atoms with van der Waals surface area (Å²) in [7, 11) is 1.65. The van der Waals surface area contributed by atoms with Crippen LogP contribution in [0, 0.1) is 0 Å². The van der Waals surface area contributed by atoms with Gasteiger partial charge in [0, 0.05) is 5.56 Å². The van der Waals surface area contributed by atoms with Crippen molar-refractivity contribution >= 4 is 5.91 Å². The van der Waals surface area contributed by atoms with Crippen LogP contribution >= 0.6 is 0 Å². The fraction of sp³-hybridized carbons (Fsp3) is 0.143. The van der Waals surface area contributed by atoms with Crippen molar-refractivity contribution in [3.63, 3.8) is 0 Å². The van der Waals surface area contributed by atoms with Gasteiger partial charge in [-0.05, 0) is 40.6 Å². The highest BCUT2D eigenvalue weighted by atomic mass is 16.5. The van der Waals surface area contributed by atoms with Crippen LogP contribution in [0.4, 0.5) is 0 Å². The van der Waals surface area contributed by atoms with Gasteiger partial charge in [-0.3, -0.25) is 4.79 Å². The summed E-state index contributed by atoms with van der Waals surface area (Å²) in [6, 6.07) is 19.3. The van der Waals surface area contributed by atoms with Gasteiger partial charge in [-0.15, -0.1) is 10.2 Å². The molecular formula is C21H19N5O3. The molecule has 0 saturated carbocycles. The molecule has 0 unspecified atom stereocenters. The van der Waals surface area contributed by atoms with Crippen LogP contribution in [0.2, 0.25) is 0 Å². The number of methoxy groups -OCH3 is 1. The molecule has 0 atom stereocenters. The first-order valence-electron chi connectivity index (χ1n) is 9.03. The van der Waals surface area contributed by atoms with Crippen LogP contribution < -0.4 is 10.1 Å². The zero-order valence-electron chi connectivity index (χ0n) is 15.8. The standard InChI is InChI=1S/C21H19N5O3/c1-28-18-10-8-16(9-11-18)15-4-6-17(7-5-15)21-23-25-26(24-21)14-20(27)22-13-19-3-2-12-29-19/h2-12H,13-14H2,1H3,(H,22,27). The Bertz CT molecular complexity index is 1070. The summed E-state index contributed by atoms with van der Waals surface area (Å²) in [5.41, 5.74) is 2.98. The summed E-state index contributed by atoms with van der Waals surface area (Å²) in [6.45, 7) is 0.303. The van der Waals surface area contributed by atoms with Crippen LogP contribution in [-0.4, -0.2) is 33.2 Å². The van der Waals surface area contributed by atoms with Crippen LogP contribution in [0.5, 0.6) is 5.75 Å². The molecule has 0 aliphatic heterocycles. The number of benzene rings is 2. The number of nitrogens with zero attached hydrogens (tertiary/aromatic N) is 4. The lowest BCUT2D eigenvalue weighted by atomic mass is 10.0. The maximum absolute atomic E-state index is 12.0. The first-order chi connectivity index (χ1) is 14.2. The SMILES string of the molecule is COc1ccc(-c2ccc(-c3nnn(CC(=O)NCc4ccco4)n3)cc2)cc1. The summed E-state index contributed by atoms with van der Waals surface area (Å²) in [6.07, 6.45) is 1.56. The number of nitrogens with one attached hydrogen (secondary N) is 1. The molecule has 4 rings (SSSR count). The van der Waals surface area contributed by atoms with E-state index in [-0.39, 0.29) is 12.5 Å². The minimum Gasteiger partial charge on any atom is -0.497 e. The number of carbonyl (C=O) groups is 1. The molecule has 0 fully saturated rings. The molecule has 2 aromatic heterocycles. The van der Waals surface area contributed by atoms with Gasteiger partial charge in [-0.2, -0.15) is 4.80 Å². The topological polar surface area (TPSA) is 95.1 Å². The van der Waals surface area contributed by atoms with Crippen LogP contribution in [0.15, 0.2) is 71.3 Å². The first kappa shape index (κ1) is 18.4. The van der Waals surface area contributed by atoms with E-state index in [1.807, 2.05) is 48.5 Å². The molecule has 0 aliphatic rings. The second kappa shape index (κ2) is 8.39. The Kier molecular flexibility index (Phi) is 5.33. The van der Waals surface area contributed by atoms with Gasteiger partial charge in [0.2, 0.25) is 11.7 Å². The molecule has 0 radical (unpaired) electrons. The molecule has 0 aliphatic carbocycles. The molecule has 8 heteroatoms. The third-order valence-electron chi connectivity index (χ3n) is 4.34. The first-order valence-corrected chi connectivity index (χ1v) is 9.03. The highest BCUT2D eigenvalue weighted by Crippen LogP contribution is 2.24. The molecule has 2 heterocycles. The molecule has 1 amide bonds. The van der Waals surface area contributed by atoms with Crippen molar-refractivity contribution in [2.24, 2.45) is 0 Å². The quantitative estimate of drug-likeness (QED) is 0.522. The van der Waals surface area contributed by atoms with E-state index in [1.165, 1.54) is 4.80 Å². The monoisotopic (exact) mass is 389 g/mol. The lowest BCUT2D eigenvalue weighted by Crippen LogP contribution is -2.27. The van der Waals surface area contributed by atoms with Gasteiger partial charge in [0.15, 0.2) is 0 Å². The Labute approximate surface area is 167 Å². The van der Waals surface area contributed by atoms with E-state index in [4.69, 9.17) is 9.15 Å². The normalized spacial score (nSPS) is 10.7. The molecule has 0 bridgehead atoms. The van der Waals surface area contributed by atoms with Gasteiger partial charge in [-0.1, -0.05) is 36.4 Å². The number of hydrogen-bond acceptors (Lipinski definition) is 6. The second-order valence-electron chi connectivity index (χ2n) is 6.31. The van der Waals surface area contributed by atoms with E-state index in [2.05, 4.69) is 20.7 Å². The Morgan fingerprint density at radius 1 is 1.03 bits per heavy atom. The third-order valence-corrected chi connectivity index (χ3v) is 4.34. The zero-order valence-corrected chi connectivity index (χ0v) is 15.8. The van der Waals surface area contributed by atoms with Crippen molar-refractivity contribution in [3.8, 4) is 28.3 Å². The largest absolute Gasteiger partial charge is 0.497 e. The molecule has 1 N–H and O–H groups in total. The number of tetrazole rings is 1. The number of aromatic nitrogens is 4. The van der Waals surface area contributed by atoms with Gasteiger partial charge >= 0.3 is 0 Å². The Morgan fingerprint density at radius 3 is 2.38 bits per heavy atom. The van der Waals surface area contributed by atoms with Gasteiger partial charge in [0.1, 0.15) is 18.1 Å². The van der Waals surface area contributed by atoms with E-state index in [0.717, 1.165) is 22.4 Å². The Balaban J connectivity index is 1.38. The molecule has 4 aromatic rings. The smallest absolute Gasteiger partial charge is 0.244 e. The molecule has 0 spiro atoms. The van der Waals surface area contributed by atoms with Gasteiger partial charge in [0.05, 0.1) is 19.9 Å². The van der Waals surface area contributed by atoms with Crippen LogP contribution in [0.25, 0.3) is 22.5 Å². The number of furan rings is 1. The number of amides is 1. The van der Waals surface area contributed by atoms with E-state index < -0.39 is 0 Å². The summed E-state index contributed by atoms with van der Waals surface area (Å²) in [4.78, 5) is 13.3. The zero-order chi connectivity index (χ0) is 20.1. The lowest BCUT2D eigenvalue weighted by Gasteiger charge is -2.04. The fourth-order valence-corrected chi connectivity index (χ4v) is 2.80. The molecule has 0 saturated heterocycles. The van der Waals surface area contributed by atoms with Crippen molar-refractivity contribution in [2.45, 2.75) is 13.1 Å². The third kappa shape index (κ3) is 4.49. The highest BCUT2D eigenvalue weighted by molar-refractivity contribution is 5.75. The van der Waals surface area contributed by atoms with Gasteiger partial charge in [0.25, 0.3) is 0 Å². The lowest BCUT2D eigenvalue weighted by molar-refractivity contribution is -0.122. The van der Waals surface area contributed by atoms with E-state index in [9.17, 15) is 4.79 Å². The Morgan fingerprint density at radius 2 is 1.72 bits per heavy atom. The Hall–Kier alpha value is -3.94. The predicted molar refractivity (Wildman–Crippen MR) is 106 cm³/mol. The fourth-order valence-electron chi connectivity index (χ4n) is 2.80. The molecule has 146 valence electrons. The number of hydrogen-bond donors (Lipinski definition) is 1. The molecule has 2 aromatic carbocycles. The molecular weight excluding hydrogens is 370 g/mol. The van der Waals surface area contributed by atoms with Gasteiger partial charge < -0.3 is 14.5 Å². The average Bonchev–Trinajstić information content (AvgIpc) is 3.45. The van der Waals surface area contributed by atoms with E-state index in [1.54, 1.807) is 25.5 Å². The van der Waals surface area contributed by atoms with Crippen LogP contribution in [-0.2, 0) is 17.9 Å². The van der Waals surface area contributed by atoms with Gasteiger partial charge in [-0.25, -0.2) is 0 Å². The van der Waals surface area contributed by atoms with E-state index in [0.29, 0.717) is 18.1 Å². The van der Waals surface area contributed by atoms with Crippen molar-refractivity contribution in [1.29, 1.82) is 0 Å². The summed E-state index contributed by atoms with van der Waals surface area (Å²) in [5.74, 6) is 1.74. The number of carbonyl (C=O) groups excluding carboxylic acids is 1. The number of rotatable bonds is 7. The van der Waals surface area contributed by atoms with Crippen LogP contribution in [0.3, 0.4) is 0 Å².